The van der Waals surface area contributed by atoms with E-state index in [0.29, 0.717) is 23.6 Å². The van der Waals surface area contributed by atoms with Gasteiger partial charge in [0.05, 0.1) is 25.3 Å². The second kappa shape index (κ2) is 10.5. The van der Waals surface area contributed by atoms with E-state index in [1.807, 2.05) is 36.0 Å². The van der Waals surface area contributed by atoms with Crippen molar-refractivity contribution in [1.29, 1.82) is 0 Å². The number of benzene rings is 2. The molecule has 9 nitrogen and oxygen atoms in total. The molecule has 0 bridgehead atoms. The number of hydrogen-bond acceptors (Lipinski definition) is 8. The summed E-state index contributed by atoms with van der Waals surface area (Å²) in [6.45, 7) is 4.10. The number of fused-ring (bicyclic) bond motifs is 1. The normalized spacial score (nSPS) is 14.1. The van der Waals surface area contributed by atoms with Gasteiger partial charge in [-0.1, -0.05) is 12.1 Å². The first-order valence-corrected chi connectivity index (χ1v) is 12.3. The van der Waals surface area contributed by atoms with E-state index < -0.39 is 0 Å². The highest BCUT2D eigenvalue weighted by Crippen LogP contribution is 2.30. The lowest BCUT2D eigenvalue weighted by atomic mass is 10.1. The van der Waals surface area contributed by atoms with Gasteiger partial charge in [-0.05, 0) is 37.4 Å². The number of carbonyl (C=O) groups is 1. The predicted octanol–water partition coefficient (Wildman–Crippen LogP) is 3.85. The van der Waals surface area contributed by atoms with Crippen LogP contribution in [0.2, 0.25) is 0 Å². The number of nitrogens with one attached hydrogen (secondary N) is 1. The summed E-state index contributed by atoms with van der Waals surface area (Å²) in [6.07, 6.45) is 2.48. The molecule has 0 unspecified atom stereocenters. The molecule has 192 valence electrons. The number of aromatic nitrogens is 3. The van der Waals surface area contributed by atoms with E-state index in [0.717, 1.165) is 54.2 Å². The van der Waals surface area contributed by atoms with Crippen LogP contribution in [-0.4, -0.2) is 72.9 Å². The fraction of sp³-hybridized carbons (Fsp3) is 0.321. The number of ether oxygens (including phenoxy) is 2. The van der Waals surface area contributed by atoms with E-state index in [-0.39, 0.29) is 5.97 Å². The van der Waals surface area contributed by atoms with Crippen molar-refractivity contribution < 1.29 is 14.3 Å². The van der Waals surface area contributed by atoms with Crippen molar-refractivity contribution in [3.8, 4) is 5.75 Å². The minimum Gasteiger partial charge on any atom is -0.496 e. The van der Waals surface area contributed by atoms with Crippen molar-refractivity contribution in [2.75, 3.05) is 57.7 Å². The van der Waals surface area contributed by atoms with Crippen molar-refractivity contribution in [3.05, 3.63) is 71.7 Å². The number of esters is 1. The molecule has 2 aromatic heterocycles. The molecule has 3 heterocycles. The van der Waals surface area contributed by atoms with Gasteiger partial charge in [0.15, 0.2) is 5.82 Å². The summed E-state index contributed by atoms with van der Waals surface area (Å²) in [5, 5.41) is 3.38. The first kappa shape index (κ1) is 24.6. The number of carbonyl (C=O) groups excluding carboxylic acids is 1. The second-order valence-electron chi connectivity index (χ2n) is 9.31. The molecule has 1 aliphatic rings. The van der Waals surface area contributed by atoms with Crippen LogP contribution in [0.25, 0.3) is 11.0 Å². The molecular formula is C28H32N6O3. The molecule has 2 aromatic carbocycles. The Morgan fingerprint density at radius 2 is 1.81 bits per heavy atom. The largest absolute Gasteiger partial charge is 0.496 e. The number of hydrogen-bond donors (Lipinski definition) is 1. The van der Waals surface area contributed by atoms with Gasteiger partial charge in [0, 0.05) is 68.8 Å². The van der Waals surface area contributed by atoms with Crippen LogP contribution in [0.15, 0.2) is 54.7 Å². The van der Waals surface area contributed by atoms with Gasteiger partial charge < -0.3 is 29.2 Å². The summed E-state index contributed by atoms with van der Waals surface area (Å²) in [5.41, 5.74) is 5.12. The minimum absolute atomic E-state index is 0.386. The number of aryl methyl sites for hydroxylation is 1. The lowest BCUT2D eigenvalue weighted by molar-refractivity contribution is 0.0601. The maximum Gasteiger partial charge on any atom is 0.337 e. The fourth-order valence-electron chi connectivity index (χ4n) is 4.70. The Kier molecular flexibility index (Phi) is 6.96. The van der Waals surface area contributed by atoms with Crippen molar-refractivity contribution in [1.82, 2.24) is 19.4 Å². The summed E-state index contributed by atoms with van der Waals surface area (Å²) in [5.74, 6) is 1.79. The Morgan fingerprint density at radius 3 is 2.57 bits per heavy atom. The molecule has 9 heteroatoms. The first-order chi connectivity index (χ1) is 17.9. The molecule has 1 N–H and O–H groups in total. The Balaban J connectivity index is 1.45. The fourth-order valence-corrected chi connectivity index (χ4v) is 4.70. The van der Waals surface area contributed by atoms with Crippen LogP contribution in [0.4, 0.5) is 17.2 Å². The Bertz CT molecular complexity index is 1420. The van der Waals surface area contributed by atoms with Gasteiger partial charge >= 0.3 is 5.97 Å². The first-order valence-electron chi connectivity index (χ1n) is 12.3. The van der Waals surface area contributed by atoms with Crippen LogP contribution in [0.1, 0.15) is 21.7 Å². The second-order valence-corrected chi connectivity index (χ2v) is 9.31. The molecule has 0 aliphatic carbocycles. The van der Waals surface area contributed by atoms with Crippen molar-refractivity contribution in [2.45, 2.75) is 6.42 Å². The monoisotopic (exact) mass is 500 g/mol. The van der Waals surface area contributed by atoms with Gasteiger partial charge in [0.25, 0.3) is 0 Å². The van der Waals surface area contributed by atoms with Crippen LogP contribution >= 0.6 is 0 Å². The van der Waals surface area contributed by atoms with Gasteiger partial charge in [-0.3, -0.25) is 0 Å². The van der Waals surface area contributed by atoms with E-state index in [1.54, 1.807) is 19.2 Å². The zero-order chi connectivity index (χ0) is 25.9. The lowest BCUT2D eigenvalue weighted by Gasteiger charge is -2.34. The maximum atomic E-state index is 12.0. The van der Waals surface area contributed by atoms with E-state index >= 15 is 0 Å². The smallest absolute Gasteiger partial charge is 0.337 e. The van der Waals surface area contributed by atoms with Gasteiger partial charge in [0.2, 0.25) is 0 Å². The summed E-state index contributed by atoms with van der Waals surface area (Å²) < 4.78 is 12.6. The van der Waals surface area contributed by atoms with Crippen molar-refractivity contribution in [3.63, 3.8) is 0 Å². The molecule has 0 saturated carbocycles. The Morgan fingerprint density at radius 1 is 1.00 bits per heavy atom. The van der Waals surface area contributed by atoms with Crippen LogP contribution in [0.5, 0.6) is 5.75 Å². The standard InChI is InChI=1S/C28H32N6O3/c1-32-12-14-34(15-13-32)22-9-8-19(24(18-22)36-3)17-25-30-23-10-11-33(2)26(23)27(31-25)29-21-7-5-6-20(16-21)28(35)37-4/h5-11,16,18H,12-15,17H2,1-4H3,(H,29,30,31). The number of piperazine rings is 1. The highest BCUT2D eigenvalue weighted by molar-refractivity contribution is 5.92. The SMILES string of the molecule is COC(=O)c1cccc(Nc2nc(Cc3ccc(N4CCN(C)CC4)cc3OC)nc3ccn(C)c23)c1. The molecule has 37 heavy (non-hydrogen) atoms. The van der Waals surface area contributed by atoms with E-state index in [2.05, 4.69) is 40.4 Å². The van der Waals surface area contributed by atoms with Crippen LogP contribution < -0.4 is 15.0 Å². The Hall–Kier alpha value is -4.11. The topological polar surface area (TPSA) is 84.8 Å². The molecule has 1 aliphatic heterocycles. The van der Waals surface area contributed by atoms with E-state index in [9.17, 15) is 4.79 Å². The predicted molar refractivity (Wildman–Crippen MR) is 145 cm³/mol. The zero-order valence-corrected chi connectivity index (χ0v) is 21.7. The minimum atomic E-state index is -0.386. The molecule has 0 atom stereocenters. The summed E-state index contributed by atoms with van der Waals surface area (Å²) in [7, 11) is 7.19. The molecule has 1 fully saturated rings. The van der Waals surface area contributed by atoms with Gasteiger partial charge in [-0.2, -0.15) is 0 Å². The van der Waals surface area contributed by atoms with Gasteiger partial charge in [-0.15, -0.1) is 0 Å². The molecule has 0 spiro atoms. The highest BCUT2D eigenvalue weighted by Gasteiger charge is 2.18. The average Bonchev–Trinajstić information content (AvgIpc) is 3.29. The molecule has 5 rings (SSSR count). The Labute approximate surface area is 216 Å². The van der Waals surface area contributed by atoms with Crippen LogP contribution in [0, 0.1) is 0 Å². The molecule has 1 saturated heterocycles. The van der Waals surface area contributed by atoms with Crippen LogP contribution in [0.3, 0.4) is 0 Å². The van der Waals surface area contributed by atoms with Crippen LogP contribution in [-0.2, 0) is 18.2 Å². The van der Waals surface area contributed by atoms with E-state index in [1.165, 1.54) is 12.8 Å². The third-order valence-corrected chi connectivity index (χ3v) is 6.80. The number of nitrogens with zero attached hydrogens (tertiary/aromatic N) is 5. The number of rotatable bonds is 7. The lowest BCUT2D eigenvalue weighted by Crippen LogP contribution is -2.44. The van der Waals surface area contributed by atoms with Crippen molar-refractivity contribution >= 4 is 34.2 Å². The third-order valence-electron chi connectivity index (χ3n) is 6.80. The third kappa shape index (κ3) is 5.22. The number of likely N-dealkylation sites (N-methyl/N-ethyl adjacent to an activating group) is 1. The highest BCUT2D eigenvalue weighted by atomic mass is 16.5. The quantitative estimate of drug-likeness (QED) is 0.383. The molecule has 4 aromatic rings. The maximum absolute atomic E-state index is 12.0. The summed E-state index contributed by atoms with van der Waals surface area (Å²) in [6, 6.07) is 15.5. The molecule has 0 amide bonds. The molecule has 0 radical (unpaired) electrons. The zero-order valence-electron chi connectivity index (χ0n) is 21.7. The summed E-state index contributed by atoms with van der Waals surface area (Å²) >= 11 is 0. The van der Waals surface area contributed by atoms with Gasteiger partial charge in [-0.25, -0.2) is 14.8 Å². The number of anilines is 3. The molecular weight excluding hydrogens is 468 g/mol. The number of methoxy groups -OCH3 is 2. The van der Waals surface area contributed by atoms with E-state index in [4.69, 9.17) is 19.4 Å². The average molecular weight is 501 g/mol. The van der Waals surface area contributed by atoms with Crippen molar-refractivity contribution in [2.24, 2.45) is 7.05 Å². The summed E-state index contributed by atoms with van der Waals surface area (Å²) in [4.78, 5) is 26.5. The van der Waals surface area contributed by atoms with Gasteiger partial charge in [0.1, 0.15) is 17.1 Å².